The number of rotatable bonds is 5. The molecule has 0 unspecified atom stereocenters. The van der Waals surface area contributed by atoms with Gasteiger partial charge < -0.3 is 0 Å². The number of thiazole rings is 2. The smallest absolute Gasteiger partial charge is 0.270 e. The van der Waals surface area contributed by atoms with E-state index < -0.39 is 10.8 Å². The van der Waals surface area contributed by atoms with Crippen molar-refractivity contribution in [3.63, 3.8) is 0 Å². The topological polar surface area (TPSA) is 98.0 Å². The van der Waals surface area contributed by atoms with E-state index in [4.69, 9.17) is 0 Å². The Bertz CT molecular complexity index is 1250. The summed E-state index contributed by atoms with van der Waals surface area (Å²) in [7, 11) is 0. The van der Waals surface area contributed by atoms with Crippen molar-refractivity contribution in [3.05, 3.63) is 68.7 Å². The summed E-state index contributed by atoms with van der Waals surface area (Å²) < 4.78 is 1.73. The number of nitrogens with one attached hydrogen (secondary N) is 1. The van der Waals surface area contributed by atoms with Gasteiger partial charge in [-0.15, -0.1) is 11.3 Å². The molecule has 1 N–H and O–H groups in total. The zero-order valence-corrected chi connectivity index (χ0v) is 17.8. The molecule has 0 fully saturated rings. The van der Waals surface area contributed by atoms with Crippen molar-refractivity contribution in [1.29, 1.82) is 0 Å². The van der Waals surface area contributed by atoms with Crippen molar-refractivity contribution < 1.29 is 9.72 Å². The van der Waals surface area contributed by atoms with E-state index in [2.05, 4.69) is 15.3 Å². The lowest BCUT2D eigenvalue weighted by atomic mass is 10.2. The molecule has 4 aromatic rings. The van der Waals surface area contributed by atoms with E-state index in [1.807, 2.05) is 37.4 Å². The number of nitrogens with zero attached hydrogens (tertiary/aromatic N) is 3. The maximum Gasteiger partial charge on any atom is 0.270 e. The maximum absolute atomic E-state index is 13.0. The molecule has 0 aliphatic rings. The minimum atomic E-state index is -0.515. The first-order valence-corrected chi connectivity index (χ1v) is 11.0. The first-order valence-electron chi connectivity index (χ1n) is 8.46. The van der Waals surface area contributed by atoms with Gasteiger partial charge in [-0.2, -0.15) is 0 Å². The average Bonchev–Trinajstić information content (AvgIpc) is 3.26. The van der Waals surface area contributed by atoms with E-state index >= 15 is 0 Å². The van der Waals surface area contributed by atoms with E-state index in [-0.39, 0.29) is 11.3 Å². The molecule has 10 heteroatoms. The lowest BCUT2D eigenvalue weighted by Crippen LogP contribution is -2.13. The van der Waals surface area contributed by atoms with Gasteiger partial charge in [0.2, 0.25) is 0 Å². The first kappa shape index (κ1) is 19.5. The number of nitro groups is 1. The van der Waals surface area contributed by atoms with Crippen molar-refractivity contribution in [1.82, 2.24) is 9.97 Å². The van der Waals surface area contributed by atoms with Crippen molar-refractivity contribution >= 4 is 61.4 Å². The maximum atomic E-state index is 13.0. The Balaban J connectivity index is 1.67. The van der Waals surface area contributed by atoms with Crippen LogP contribution in [0.15, 0.2) is 51.0 Å². The lowest BCUT2D eigenvalue weighted by Gasteiger charge is -2.07. The number of aryl methyl sites for hydroxylation is 2. The van der Waals surface area contributed by atoms with Crippen LogP contribution in [0.2, 0.25) is 0 Å². The zero-order valence-electron chi connectivity index (χ0n) is 15.3. The molecule has 2 aromatic carbocycles. The van der Waals surface area contributed by atoms with Crippen molar-refractivity contribution in [2.24, 2.45) is 0 Å². The van der Waals surface area contributed by atoms with Gasteiger partial charge in [0.1, 0.15) is 0 Å². The summed E-state index contributed by atoms with van der Waals surface area (Å²) in [5, 5.41) is 16.3. The summed E-state index contributed by atoms with van der Waals surface area (Å²) in [6.07, 6.45) is 0. The van der Waals surface area contributed by atoms with Crippen molar-refractivity contribution in [3.8, 4) is 0 Å². The highest BCUT2D eigenvalue weighted by molar-refractivity contribution is 8.01. The summed E-state index contributed by atoms with van der Waals surface area (Å²) >= 11 is 4.13. The Morgan fingerprint density at radius 3 is 2.72 bits per heavy atom. The highest BCUT2D eigenvalue weighted by Crippen LogP contribution is 2.35. The van der Waals surface area contributed by atoms with Crippen LogP contribution in [0, 0.1) is 24.0 Å². The zero-order chi connectivity index (χ0) is 20.5. The molecule has 0 spiro atoms. The number of hydrogen-bond acceptors (Lipinski definition) is 8. The molecule has 2 aromatic heterocycles. The predicted molar refractivity (Wildman–Crippen MR) is 116 cm³/mol. The SMILES string of the molecule is Cc1ccc2nc(NC(=O)c3cc([N+](=O)[O-])ccc3Sc3nc(C)cs3)sc2c1. The van der Waals surface area contributed by atoms with Crippen molar-refractivity contribution in [2.75, 3.05) is 5.32 Å². The minimum absolute atomic E-state index is 0.144. The Morgan fingerprint density at radius 2 is 2.00 bits per heavy atom. The van der Waals surface area contributed by atoms with Gasteiger partial charge in [0.15, 0.2) is 9.47 Å². The second kappa shape index (κ2) is 7.90. The summed E-state index contributed by atoms with van der Waals surface area (Å²) in [5.41, 5.74) is 2.86. The third-order valence-electron chi connectivity index (χ3n) is 3.98. The Labute approximate surface area is 178 Å². The Morgan fingerprint density at radius 1 is 1.17 bits per heavy atom. The molecule has 0 aliphatic heterocycles. The minimum Gasteiger partial charge on any atom is -0.298 e. The molecule has 0 radical (unpaired) electrons. The number of hydrogen-bond donors (Lipinski definition) is 1. The van der Waals surface area contributed by atoms with Crippen LogP contribution < -0.4 is 5.32 Å². The number of fused-ring (bicyclic) bond motifs is 1. The fourth-order valence-corrected chi connectivity index (χ4v) is 5.48. The number of carbonyl (C=O) groups excluding carboxylic acids is 1. The van der Waals surface area contributed by atoms with E-state index in [0.29, 0.717) is 10.0 Å². The van der Waals surface area contributed by atoms with Gasteiger partial charge in [-0.25, -0.2) is 9.97 Å². The lowest BCUT2D eigenvalue weighted by molar-refractivity contribution is -0.384. The molecule has 7 nitrogen and oxygen atoms in total. The molecule has 1 amide bonds. The van der Waals surface area contributed by atoms with Crippen LogP contribution in [0.25, 0.3) is 10.2 Å². The van der Waals surface area contributed by atoms with E-state index in [1.165, 1.54) is 46.6 Å². The van der Waals surface area contributed by atoms with Crippen LogP contribution in [0.3, 0.4) is 0 Å². The quantitative estimate of drug-likeness (QED) is 0.315. The standard InChI is InChI=1S/C19H14N4O3S3/c1-10-3-5-14-16(7-10)28-18(21-14)22-17(24)13-8-12(23(25)26)4-6-15(13)29-19-20-11(2)9-27-19/h3-9H,1-2H3,(H,21,22,24). The molecule has 4 rings (SSSR count). The highest BCUT2D eigenvalue weighted by Gasteiger charge is 2.20. The molecular formula is C19H14N4O3S3. The third-order valence-corrected chi connectivity index (χ3v) is 7.04. The molecule has 29 heavy (non-hydrogen) atoms. The summed E-state index contributed by atoms with van der Waals surface area (Å²) in [4.78, 5) is 33.1. The normalized spacial score (nSPS) is 11.0. The molecule has 0 saturated carbocycles. The number of carbonyl (C=O) groups is 1. The Hall–Kier alpha value is -2.82. The average molecular weight is 443 g/mol. The third kappa shape index (κ3) is 4.29. The van der Waals surface area contributed by atoms with E-state index in [1.54, 1.807) is 6.07 Å². The van der Waals surface area contributed by atoms with Crippen LogP contribution in [0.4, 0.5) is 10.8 Å². The number of benzene rings is 2. The Kier molecular flexibility index (Phi) is 5.31. The van der Waals surface area contributed by atoms with Crippen molar-refractivity contribution in [2.45, 2.75) is 23.1 Å². The van der Waals surface area contributed by atoms with E-state index in [9.17, 15) is 14.9 Å². The van der Waals surface area contributed by atoms with Crippen LogP contribution >= 0.6 is 34.4 Å². The second-order valence-corrected chi connectivity index (χ2v) is 9.42. The fourth-order valence-electron chi connectivity index (χ4n) is 2.62. The number of aromatic nitrogens is 2. The highest BCUT2D eigenvalue weighted by atomic mass is 32.2. The fraction of sp³-hybridized carbons (Fsp3) is 0.105. The first-order chi connectivity index (χ1) is 13.9. The molecular weight excluding hydrogens is 428 g/mol. The number of nitro benzene ring substituents is 1. The molecule has 0 bridgehead atoms. The predicted octanol–water partition coefficient (Wildman–Crippen LogP) is 5.68. The number of amides is 1. The van der Waals surface area contributed by atoms with Gasteiger partial charge in [0, 0.05) is 28.1 Å². The second-order valence-electron chi connectivity index (χ2n) is 6.24. The molecule has 146 valence electrons. The van der Waals surface area contributed by atoms with Gasteiger partial charge in [-0.3, -0.25) is 20.2 Å². The summed E-state index contributed by atoms with van der Waals surface area (Å²) in [6, 6.07) is 10.1. The molecule has 0 atom stereocenters. The van der Waals surface area contributed by atoms with Gasteiger partial charge >= 0.3 is 0 Å². The van der Waals surface area contributed by atoms with Crippen LogP contribution in [-0.2, 0) is 0 Å². The summed E-state index contributed by atoms with van der Waals surface area (Å²) in [6.45, 7) is 3.88. The molecule has 2 heterocycles. The molecule has 0 saturated heterocycles. The van der Waals surface area contributed by atoms with Crippen LogP contribution in [-0.4, -0.2) is 20.8 Å². The van der Waals surface area contributed by atoms with Gasteiger partial charge in [0.05, 0.1) is 20.7 Å². The number of non-ortho nitro benzene ring substituents is 1. The van der Waals surface area contributed by atoms with Gasteiger partial charge in [-0.1, -0.05) is 29.2 Å². The monoisotopic (exact) mass is 442 g/mol. The largest absolute Gasteiger partial charge is 0.298 e. The number of anilines is 1. The molecule has 0 aliphatic carbocycles. The summed E-state index contributed by atoms with van der Waals surface area (Å²) in [5.74, 6) is -0.444. The van der Waals surface area contributed by atoms with Gasteiger partial charge in [-0.05, 0) is 37.6 Å². The van der Waals surface area contributed by atoms with Crippen LogP contribution in [0.5, 0.6) is 0 Å². The van der Waals surface area contributed by atoms with Crippen LogP contribution in [0.1, 0.15) is 21.6 Å². The van der Waals surface area contributed by atoms with Gasteiger partial charge in [0.25, 0.3) is 11.6 Å². The van der Waals surface area contributed by atoms with E-state index in [0.717, 1.165) is 25.8 Å².